The second kappa shape index (κ2) is 7.60. The summed E-state index contributed by atoms with van der Waals surface area (Å²) in [5.74, 6) is -1.33. The Morgan fingerprint density at radius 1 is 1.03 bits per heavy atom. The third kappa shape index (κ3) is 3.90. The molecule has 1 fully saturated rings. The zero-order valence-electron chi connectivity index (χ0n) is 15.2. The van der Waals surface area contributed by atoms with E-state index in [2.05, 4.69) is 5.32 Å². The van der Waals surface area contributed by atoms with E-state index < -0.39 is 32.5 Å². The van der Waals surface area contributed by atoms with Crippen LogP contribution < -0.4 is 14.8 Å². The number of hydrogen-bond donors (Lipinski definition) is 1. The van der Waals surface area contributed by atoms with E-state index in [0.717, 1.165) is 16.4 Å². The molecular weight excluding hydrogens is 406 g/mol. The van der Waals surface area contributed by atoms with Gasteiger partial charge in [-0.05, 0) is 43.2 Å². The first kappa shape index (κ1) is 19.6. The lowest BCUT2D eigenvalue weighted by atomic mass is 9.97. The molecule has 2 aromatic rings. The summed E-state index contributed by atoms with van der Waals surface area (Å²) < 4.78 is 64.1. The normalized spacial score (nSPS) is 17.3. The Morgan fingerprint density at radius 2 is 1.76 bits per heavy atom. The number of anilines is 1. The number of rotatable bonds is 4. The van der Waals surface area contributed by atoms with Crippen molar-refractivity contribution in [3.05, 3.63) is 48.0 Å². The third-order valence-electron chi connectivity index (χ3n) is 4.98. The molecule has 2 aliphatic heterocycles. The van der Waals surface area contributed by atoms with Crippen molar-refractivity contribution in [1.29, 1.82) is 0 Å². The number of sulfonamides is 1. The van der Waals surface area contributed by atoms with Gasteiger partial charge in [-0.3, -0.25) is 4.79 Å². The molecular formula is C19H18F2N2O5S. The lowest BCUT2D eigenvalue weighted by Crippen LogP contribution is -2.41. The van der Waals surface area contributed by atoms with Crippen molar-refractivity contribution in [3.8, 4) is 11.5 Å². The summed E-state index contributed by atoms with van der Waals surface area (Å²) >= 11 is 0. The first-order valence-corrected chi connectivity index (χ1v) is 10.4. The molecule has 0 atom stereocenters. The highest BCUT2D eigenvalue weighted by Gasteiger charge is 2.34. The van der Waals surface area contributed by atoms with Gasteiger partial charge in [0.05, 0.1) is 0 Å². The van der Waals surface area contributed by atoms with Crippen LogP contribution in [-0.2, 0) is 14.8 Å². The molecule has 0 saturated carbocycles. The predicted octanol–water partition coefficient (Wildman–Crippen LogP) is 2.73. The molecule has 0 radical (unpaired) electrons. The van der Waals surface area contributed by atoms with Crippen LogP contribution in [0.2, 0.25) is 0 Å². The number of carbonyl (C=O) groups is 1. The fraction of sp³-hybridized carbons (Fsp3) is 0.316. The highest BCUT2D eigenvalue weighted by Crippen LogP contribution is 2.34. The molecule has 2 aliphatic rings. The number of fused-ring (bicyclic) bond motifs is 1. The van der Waals surface area contributed by atoms with Gasteiger partial charge < -0.3 is 14.8 Å². The molecule has 29 heavy (non-hydrogen) atoms. The number of nitrogens with one attached hydrogen (secondary N) is 1. The van der Waals surface area contributed by atoms with Crippen molar-refractivity contribution in [1.82, 2.24) is 4.31 Å². The molecule has 0 bridgehead atoms. The van der Waals surface area contributed by atoms with Crippen LogP contribution in [0.3, 0.4) is 0 Å². The van der Waals surface area contributed by atoms with Crippen molar-refractivity contribution in [2.24, 2.45) is 5.92 Å². The fourth-order valence-corrected chi connectivity index (χ4v) is 4.94. The van der Waals surface area contributed by atoms with Crippen LogP contribution in [0.25, 0.3) is 0 Å². The van der Waals surface area contributed by atoms with Gasteiger partial charge in [-0.2, -0.15) is 4.31 Å². The number of ether oxygens (including phenoxy) is 2. The molecule has 1 saturated heterocycles. The van der Waals surface area contributed by atoms with Gasteiger partial charge in [0.25, 0.3) is 0 Å². The van der Waals surface area contributed by atoms with Crippen molar-refractivity contribution in [3.63, 3.8) is 0 Å². The molecule has 0 unspecified atom stereocenters. The largest absolute Gasteiger partial charge is 0.454 e. The highest BCUT2D eigenvalue weighted by molar-refractivity contribution is 7.89. The summed E-state index contributed by atoms with van der Waals surface area (Å²) in [6, 6.07) is 7.36. The molecule has 10 heteroatoms. The Labute approximate surface area is 166 Å². The van der Waals surface area contributed by atoms with Crippen LogP contribution in [0.15, 0.2) is 41.3 Å². The number of carbonyl (C=O) groups excluding carboxylic acids is 1. The number of amides is 1. The van der Waals surface area contributed by atoms with E-state index in [0.29, 0.717) is 23.3 Å². The van der Waals surface area contributed by atoms with E-state index in [1.165, 1.54) is 0 Å². The van der Waals surface area contributed by atoms with Crippen molar-refractivity contribution >= 4 is 21.6 Å². The Hall–Kier alpha value is -2.72. The maximum absolute atomic E-state index is 13.9. The van der Waals surface area contributed by atoms with Crippen molar-refractivity contribution in [2.45, 2.75) is 17.7 Å². The maximum atomic E-state index is 13.9. The minimum atomic E-state index is -4.17. The van der Waals surface area contributed by atoms with Gasteiger partial charge in [-0.25, -0.2) is 17.2 Å². The minimum absolute atomic E-state index is 0.0392. The lowest BCUT2D eigenvalue weighted by Gasteiger charge is -2.30. The Bertz CT molecular complexity index is 1050. The number of piperidine rings is 1. The van der Waals surface area contributed by atoms with Crippen molar-refractivity contribution in [2.75, 3.05) is 25.2 Å². The minimum Gasteiger partial charge on any atom is -0.454 e. The zero-order chi connectivity index (χ0) is 20.6. The van der Waals surface area contributed by atoms with E-state index in [1.807, 2.05) is 0 Å². The molecule has 4 rings (SSSR count). The summed E-state index contributed by atoms with van der Waals surface area (Å²) in [5.41, 5.74) is 0.552. The Balaban J connectivity index is 1.40. The van der Waals surface area contributed by atoms with Crippen LogP contribution in [0, 0.1) is 17.6 Å². The number of benzene rings is 2. The first-order valence-electron chi connectivity index (χ1n) is 9.00. The summed E-state index contributed by atoms with van der Waals surface area (Å²) in [6.07, 6.45) is 0.541. The smallest absolute Gasteiger partial charge is 0.246 e. The molecule has 0 aliphatic carbocycles. The number of hydrogen-bond acceptors (Lipinski definition) is 5. The topological polar surface area (TPSA) is 84.9 Å². The van der Waals surface area contributed by atoms with Crippen LogP contribution in [0.1, 0.15) is 12.8 Å². The van der Waals surface area contributed by atoms with E-state index in [1.54, 1.807) is 18.2 Å². The van der Waals surface area contributed by atoms with Crippen molar-refractivity contribution < 1.29 is 31.5 Å². The molecule has 2 heterocycles. The Morgan fingerprint density at radius 3 is 2.52 bits per heavy atom. The quantitative estimate of drug-likeness (QED) is 0.816. The second-order valence-electron chi connectivity index (χ2n) is 6.81. The van der Waals surface area contributed by atoms with Gasteiger partial charge in [0.2, 0.25) is 22.7 Å². The lowest BCUT2D eigenvalue weighted by molar-refractivity contribution is -0.120. The molecule has 2 aromatic carbocycles. The molecule has 1 N–H and O–H groups in total. The molecule has 154 valence electrons. The average Bonchev–Trinajstić information content (AvgIpc) is 3.17. The van der Waals surface area contributed by atoms with Gasteiger partial charge in [-0.15, -0.1) is 0 Å². The van der Waals surface area contributed by atoms with Gasteiger partial charge in [0, 0.05) is 30.8 Å². The van der Waals surface area contributed by atoms with Crippen LogP contribution in [-0.4, -0.2) is 38.5 Å². The third-order valence-corrected chi connectivity index (χ3v) is 6.89. The van der Waals surface area contributed by atoms with Gasteiger partial charge in [-0.1, -0.05) is 0 Å². The monoisotopic (exact) mass is 424 g/mol. The molecule has 7 nitrogen and oxygen atoms in total. The average molecular weight is 424 g/mol. The van der Waals surface area contributed by atoms with Gasteiger partial charge in [0.15, 0.2) is 11.5 Å². The van der Waals surface area contributed by atoms with Gasteiger partial charge >= 0.3 is 0 Å². The van der Waals surface area contributed by atoms with Crippen LogP contribution >= 0.6 is 0 Å². The summed E-state index contributed by atoms with van der Waals surface area (Å²) in [4.78, 5) is 11.8. The molecule has 1 amide bonds. The molecule has 0 aromatic heterocycles. The van der Waals surface area contributed by atoms with Crippen LogP contribution in [0.4, 0.5) is 14.5 Å². The number of halogens is 2. The Kier molecular flexibility index (Phi) is 5.13. The van der Waals surface area contributed by atoms with E-state index in [4.69, 9.17) is 9.47 Å². The van der Waals surface area contributed by atoms with E-state index in [9.17, 15) is 22.0 Å². The first-order chi connectivity index (χ1) is 13.8. The summed E-state index contributed by atoms with van der Waals surface area (Å²) in [6.45, 7) is 0.209. The van der Waals surface area contributed by atoms with E-state index in [-0.39, 0.29) is 38.6 Å². The zero-order valence-corrected chi connectivity index (χ0v) is 16.0. The molecule has 0 spiro atoms. The highest BCUT2D eigenvalue weighted by atomic mass is 32.2. The van der Waals surface area contributed by atoms with Crippen LogP contribution in [0.5, 0.6) is 11.5 Å². The standard InChI is InChI=1S/C19H18F2N2O5S/c20-13-1-3-15(21)18(9-13)29(25,26)23-7-5-12(6-8-23)19(24)22-14-2-4-16-17(10-14)28-11-27-16/h1-4,9-10,12H,5-8,11H2,(H,22,24). The summed E-state index contributed by atoms with van der Waals surface area (Å²) in [5, 5.41) is 2.79. The summed E-state index contributed by atoms with van der Waals surface area (Å²) in [7, 11) is -4.17. The number of nitrogens with zero attached hydrogens (tertiary/aromatic N) is 1. The van der Waals surface area contributed by atoms with E-state index >= 15 is 0 Å². The SMILES string of the molecule is O=C(Nc1ccc2c(c1)OCO2)C1CCN(S(=O)(=O)c2cc(F)ccc2F)CC1. The second-order valence-corrected chi connectivity index (χ2v) is 8.72. The fourth-order valence-electron chi connectivity index (χ4n) is 3.39. The van der Waals surface area contributed by atoms with Gasteiger partial charge in [0.1, 0.15) is 16.5 Å². The maximum Gasteiger partial charge on any atom is 0.246 e. The predicted molar refractivity (Wildman–Crippen MR) is 99.0 cm³/mol.